The molecule has 0 unspecified atom stereocenters. The summed E-state index contributed by atoms with van der Waals surface area (Å²) in [5, 5.41) is 3.50. The van der Waals surface area contributed by atoms with Crippen molar-refractivity contribution in [2.45, 2.75) is 43.9 Å². The Hall–Kier alpha value is -1.48. The van der Waals surface area contributed by atoms with Gasteiger partial charge in [0.15, 0.2) is 5.13 Å². The third-order valence-corrected chi connectivity index (χ3v) is 8.70. The van der Waals surface area contributed by atoms with Crippen LogP contribution in [0.1, 0.15) is 47.1 Å². The first-order chi connectivity index (χ1) is 13.3. The lowest BCUT2D eigenvalue weighted by Crippen LogP contribution is -2.28. The molecule has 9 heteroatoms. The van der Waals surface area contributed by atoms with E-state index in [2.05, 4.69) is 17.2 Å². The lowest BCUT2D eigenvalue weighted by Gasteiger charge is -2.17. The lowest BCUT2D eigenvalue weighted by atomic mass is 9.93. The minimum atomic E-state index is -3.70. The predicted octanol–water partition coefficient (Wildman–Crippen LogP) is 3.96. The number of hydrogen-bond donors (Lipinski definition) is 1. The zero-order valence-corrected chi connectivity index (χ0v) is 18.0. The Morgan fingerprint density at radius 1 is 1.32 bits per heavy atom. The van der Waals surface area contributed by atoms with Crippen LogP contribution < -0.4 is 5.32 Å². The molecule has 1 saturated heterocycles. The van der Waals surface area contributed by atoms with E-state index in [1.165, 1.54) is 38.7 Å². The van der Waals surface area contributed by atoms with Crippen molar-refractivity contribution < 1.29 is 13.2 Å². The van der Waals surface area contributed by atoms with Gasteiger partial charge >= 0.3 is 0 Å². The quantitative estimate of drug-likeness (QED) is 0.781. The fraction of sp³-hybridized carbons (Fsp3) is 0.474. The van der Waals surface area contributed by atoms with E-state index in [9.17, 15) is 13.2 Å². The van der Waals surface area contributed by atoms with Crippen molar-refractivity contribution in [1.82, 2.24) is 9.29 Å². The Balaban J connectivity index is 1.57. The number of thiazole rings is 1. The molecule has 1 aromatic heterocycles. The monoisotopic (exact) mass is 439 g/mol. The summed E-state index contributed by atoms with van der Waals surface area (Å²) in [4.78, 5) is 18.5. The highest BCUT2D eigenvalue weighted by Gasteiger charge is 2.30. The third-order valence-electron chi connectivity index (χ3n) is 5.28. The SMILES string of the molecule is C[C@@H]1CCc2nc(NC(=O)c3ccc(Cl)c(S(=O)(=O)N4CCCC4)c3)sc2C1. The highest BCUT2D eigenvalue weighted by atomic mass is 35.5. The average molecular weight is 440 g/mol. The highest BCUT2D eigenvalue weighted by Crippen LogP contribution is 2.33. The van der Waals surface area contributed by atoms with Gasteiger partial charge in [0.05, 0.1) is 10.7 Å². The van der Waals surface area contributed by atoms with Crippen LogP contribution in [-0.2, 0) is 22.9 Å². The van der Waals surface area contributed by atoms with Crippen molar-refractivity contribution in [2.24, 2.45) is 5.92 Å². The average Bonchev–Trinajstić information content (AvgIpc) is 3.31. The van der Waals surface area contributed by atoms with Crippen LogP contribution in [0.25, 0.3) is 0 Å². The van der Waals surface area contributed by atoms with Gasteiger partial charge in [-0.05, 0) is 56.2 Å². The number of sulfonamides is 1. The first-order valence-electron chi connectivity index (χ1n) is 9.44. The summed E-state index contributed by atoms with van der Waals surface area (Å²) in [6, 6.07) is 4.37. The van der Waals surface area contributed by atoms with Crippen LogP contribution in [0.3, 0.4) is 0 Å². The Kier molecular flexibility index (Phi) is 5.48. The molecule has 2 heterocycles. The standard InChI is InChI=1S/C19H22ClN3O3S2/c1-12-4-7-15-16(10-12)27-19(21-15)22-18(24)13-5-6-14(20)17(11-13)28(25,26)23-8-2-3-9-23/h5-6,11-12H,2-4,7-10H2,1H3,(H,21,22,24)/t12-/m1/s1. The largest absolute Gasteiger partial charge is 0.298 e. The van der Waals surface area contributed by atoms with Crippen molar-refractivity contribution >= 4 is 44.0 Å². The van der Waals surface area contributed by atoms with Crippen LogP contribution in [0.4, 0.5) is 5.13 Å². The first kappa shape index (κ1) is 19.8. The summed E-state index contributed by atoms with van der Waals surface area (Å²) >= 11 is 7.66. The van der Waals surface area contributed by atoms with E-state index in [1.807, 2.05) is 0 Å². The summed E-state index contributed by atoms with van der Waals surface area (Å²) in [5.74, 6) is 0.250. The number of aryl methyl sites for hydroxylation is 1. The van der Waals surface area contributed by atoms with E-state index in [-0.39, 0.29) is 21.4 Å². The van der Waals surface area contributed by atoms with Gasteiger partial charge in [-0.3, -0.25) is 10.1 Å². The van der Waals surface area contributed by atoms with Gasteiger partial charge < -0.3 is 0 Å². The van der Waals surface area contributed by atoms with Gasteiger partial charge in [0.25, 0.3) is 5.91 Å². The zero-order valence-electron chi connectivity index (χ0n) is 15.6. The van der Waals surface area contributed by atoms with Crippen LogP contribution in [-0.4, -0.2) is 36.7 Å². The van der Waals surface area contributed by atoms with E-state index in [4.69, 9.17) is 11.6 Å². The molecule has 1 aliphatic heterocycles. The van der Waals surface area contributed by atoms with Crippen LogP contribution in [0.2, 0.25) is 5.02 Å². The lowest BCUT2D eigenvalue weighted by molar-refractivity contribution is 0.102. The number of carbonyl (C=O) groups is 1. The van der Waals surface area contributed by atoms with Gasteiger partial charge in [0.2, 0.25) is 10.0 Å². The molecule has 1 N–H and O–H groups in total. The topological polar surface area (TPSA) is 79.4 Å². The summed E-state index contributed by atoms with van der Waals surface area (Å²) in [7, 11) is -3.70. The molecule has 0 saturated carbocycles. The zero-order chi connectivity index (χ0) is 19.9. The molecule has 150 valence electrons. The number of nitrogens with zero attached hydrogens (tertiary/aromatic N) is 2. The van der Waals surface area contributed by atoms with Gasteiger partial charge in [0.1, 0.15) is 4.90 Å². The maximum Gasteiger partial charge on any atom is 0.257 e. The smallest absolute Gasteiger partial charge is 0.257 e. The van der Waals surface area contributed by atoms with Crippen LogP contribution in [0.5, 0.6) is 0 Å². The molecule has 1 aromatic carbocycles. The van der Waals surface area contributed by atoms with E-state index >= 15 is 0 Å². The minimum absolute atomic E-state index is 0.0176. The molecule has 4 rings (SSSR count). The molecule has 0 bridgehead atoms. The van der Waals surface area contributed by atoms with Crippen LogP contribution in [0, 0.1) is 5.92 Å². The number of anilines is 1. The summed E-state index contributed by atoms with van der Waals surface area (Å²) < 4.78 is 27.1. The number of halogens is 1. The number of hydrogen-bond acceptors (Lipinski definition) is 5. The maximum absolute atomic E-state index is 12.9. The number of carbonyl (C=O) groups excluding carboxylic acids is 1. The molecule has 1 amide bonds. The number of benzene rings is 1. The Bertz CT molecular complexity index is 1010. The van der Waals surface area contributed by atoms with E-state index in [1.54, 1.807) is 0 Å². The van der Waals surface area contributed by atoms with Gasteiger partial charge in [-0.1, -0.05) is 18.5 Å². The second-order valence-electron chi connectivity index (χ2n) is 7.45. The molecule has 1 atom stereocenters. The first-order valence-corrected chi connectivity index (χ1v) is 12.1. The summed E-state index contributed by atoms with van der Waals surface area (Å²) in [6.07, 6.45) is 4.71. The fourth-order valence-electron chi connectivity index (χ4n) is 3.67. The number of nitrogens with one attached hydrogen (secondary N) is 1. The molecular formula is C19H22ClN3O3S2. The summed E-state index contributed by atoms with van der Waals surface area (Å²) in [6.45, 7) is 3.19. The van der Waals surface area contributed by atoms with Crippen LogP contribution >= 0.6 is 22.9 Å². The Labute approximate surface area is 174 Å². The van der Waals surface area contributed by atoms with Crippen LogP contribution in [0.15, 0.2) is 23.1 Å². The fourth-order valence-corrected chi connectivity index (χ4v) is 6.86. The number of rotatable bonds is 4. The molecule has 0 spiro atoms. The van der Waals surface area contributed by atoms with Crippen molar-refractivity contribution in [3.63, 3.8) is 0 Å². The number of fused-ring (bicyclic) bond motifs is 1. The molecule has 1 fully saturated rings. The van der Waals surface area contributed by atoms with E-state index < -0.39 is 10.0 Å². The third kappa shape index (κ3) is 3.83. The Morgan fingerprint density at radius 2 is 2.07 bits per heavy atom. The molecule has 2 aliphatic rings. The Morgan fingerprint density at radius 3 is 2.82 bits per heavy atom. The number of aromatic nitrogens is 1. The van der Waals surface area contributed by atoms with Crippen molar-refractivity contribution in [1.29, 1.82) is 0 Å². The second-order valence-corrected chi connectivity index (χ2v) is 10.8. The van der Waals surface area contributed by atoms with Gasteiger partial charge in [-0.25, -0.2) is 13.4 Å². The van der Waals surface area contributed by atoms with E-state index in [0.29, 0.717) is 24.1 Å². The van der Waals surface area contributed by atoms with Crippen molar-refractivity contribution in [3.8, 4) is 0 Å². The highest BCUT2D eigenvalue weighted by molar-refractivity contribution is 7.89. The molecular weight excluding hydrogens is 418 g/mol. The summed E-state index contributed by atoms with van der Waals surface area (Å²) in [5.41, 5.74) is 1.32. The molecule has 6 nitrogen and oxygen atoms in total. The van der Waals surface area contributed by atoms with Gasteiger partial charge in [0, 0.05) is 23.5 Å². The molecule has 2 aromatic rings. The second kappa shape index (κ2) is 7.74. The molecule has 28 heavy (non-hydrogen) atoms. The predicted molar refractivity (Wildman–Crippen MR) is 111 cm³/mol. The normalized spacial score (nSPS) is 20.1. The maximum atomic E-state index is 12.9. The minimum Gasteiger partial charge on any atom is -0.298 e. The van der Waals surface area contributed by atoms with Gasteiger partial charge in [-0.15, -0.1) is 11.3 Å². The van der Waals surface area contributed by atoms with E-state index in [0.717, 1.165) is 37.8 Å². The molecule has 1 aliphatic carbocycles. The number of amides is 1. The van der Waals surface area contributed by atoms with Crippen molar-refractivity contribution in [3.05, 3.63) is 39.4 Å². The van der Waals surface area contributed by atoms with Crippen molar-refractivity contribution in [2.75, 3.05) is 18.4 Å². The molecule has 0 radical (unpaired) electrons. The van der Waals surface area contributed by atoms with Gasteiger partial charge in [-0.2, -0.15) is 4.31 Å².